The van der Waals surface area contributed by atoms with Crippen molar-refractivity contribution in [3.05, 3.63) is 34.9 Å². The van der Waals surface area contributed by atoms with Crippen molar-refractivity contribution in [2.24, 2.45) is 17.3 Å². The van der Waals surface area contributed by atoms with Gasteiger partial charge in [0.25, 0.3) is 0 Å². The van der Waals surface area contributed by atoms with Crippen molar-refractivity contribution >= 4 is 11.9 Å². The molecule has 0 aromatic heterocycles. The summed E-state index contributed by atoms with van der Waals surface area (Å²) in [5, 5.41) is 23.0. The Morgan fingerprint density at radius 1 is 1.13 bits per heavy atom. The fraction of sp³-hybridized carbons (Fsp3) is 0.680. The Labute approximate surface area is 186 Å². The van der Waals surface area contributed by atoms with Crippen molar-refractivity contribution in [3.8, 4) is 0 Å². The lowest BCUT2D eigenvalue weighted by molar-refractivity contribution is -0.177. The summed E-state index contributed by atoms with van der Waals surface area (Å²) in [6.45, 7) is 14.4. The highest BCUT2D eigenvalue weighted by Gasteiger charge is 2.67. The number of aliphatic hydroxyl groups is 2. The Kier molecular flexibility index (Phi) is 7.59. The second-order valence-electron chi connectivity index (χ2n) is 9.64. The van der Waals surface area contributed by atoms with Crippen LogP contribution in [-0.2, 0) is 19.1 Å². The topological polar surface area (TPSA) is 93.1 Å². The number of allylic oxidation sites excluding steroid dienone is 2. The van der Waals surface area contributed by atoms with E-state index >= 15 is 0 Å². The molecule has 0 saturated heterocycles. The van der Waals surface area contributed by atoms with E-state index in [2.05, 4.69) is 0 Å². The summed E-state index contributed by atoms with van der Waals surface area (Å²) in [5.74, 6) is -1.75. The van der Waals surface area contributed by atoms with Crippen molar-refractivity contribution in [1.82, 2.24) is 0 Å². The fourth-order valence-electron chi connectivity index (χ4n) is 4.97. The number of hydrogen-bond donors (Lipinski definition) is 2. The first kappa shape index (κ1) is 25.3. The average Bonchev–Trinajstić information content (AvgIpc) is 2.85. The van der Waals surface area contributed by atoms with Gasteiger partial charge in [-0.1, -0.05) is 38.5 Å². The molecule has 2 N–H and O–H groups in total. The quantitative estimate of drug-likeness (QED) is 0.388. The molecule has 2 aliphatic carbocycles. The second-order valence-corrected chi connectivity index (χ2v) is 9.64. The Bertz CT molecular complexity index is 807. The molecule has 174 valence electrons. The van der Waals surface area contributed by atoms with Crippen molar-refractivity contribution in [1.29, 1.82) is 0 Å². The van der Waals surface area contributed by atoms with Gasteiger partial charge in [0.05, 0.1) is 11.7 Å². The largest absolute Gasteiger partial charge is 0.458 e. The van der Waals surface area contributed by atoms with Crippen LogP contribution in [0.4, 0.5) is 0 Å². The fourth-order valence-corrected chi connectivity index (χ4v) is 4.97. The van der Waals surface area contributed by atoms with Gasteiger partial charge in [-0.05, 0) is 46.6 Å². The zero-order valence-corrected chi connectivity index (χ0v) is 20.1. The van der Waals surface area contributed by atoms with Gasteiger partial charge in [-0.25, -0.2) is 9.59 Å². The maximum atomic E-state index is 12.7. The number of carbonyl (C=O) groups excluding carboxylic acids is 2. The van der Waals surface area contributed by atoms with E-state index in [4.69, 9.17) is 9.47 Å². The second kappa shape index (κ2) is 9.29. The molecular weight excluding hydrogens is 396 g/mol. The molecule has 0 spiro atoms. The number of rotatable bonds is 5. The minimum atomic E-state index is -1.29. The number of ether oxygens (including phenoxy) is 2. The molecule has 3 unspecified atom stereocenters. The van der Waals surface area contributed by atoms with Gasteiger partial charge in [-0.2, -0.15) is 0 Å². The van der Waals surface area contributed by atoms with E-state index in [1.165, 1.54) is 0 Å². The van der Waals surface area contributed by atoms with Gasteiger partial charge in [0, 0.05) is 35.3 Å². The molecule has 1 saturated carbocycles. The summed E-state index contributed by atoms with van der Waals surface area (Å²) in [6.07, 6.45) is 3.32. The van der Waals surface area contributed by atoms with Gasteiger partial charge >= 0.3 is 11.9 Å². The van der Waals surface area contributed by atoms with E-state index in [1.54, 1.807) is 39.8 Å². The van der Waals surface area contributed by atoms with Gasteiger partial charge < -0.3 is 19.7 Å². The molecule has 0 radical (unpaired) electrons. The highest BCUT2D eigenvalue weighted by molar-refractivity contribution is 5.88. The lowest BCUT2D eigenvalue weighted by atomic mass is 9.66. The molecule has 6 heteroatoms. The van der Waals surface area contributed by atoms with Crippen LogP contribution >= 0.6 is 0 Å². The van der Waals surface area contributed by atoms with E-state index in [-0.39, 0.29) is 12.3 Å². The molecule has 6 nitrogen and oxygen atoms in total. The first-order chi connectivity index (χ1) is 14.3. The van der Waals surface area contributed by atoms with Crippen LogP contribution in [0.3, 0.4) is 0 Å². The Balaban J connectivity index is 2.61. The molecule has 0 heterocycles. The van der Waals surface area contributed by atoms with E-state index in [0.29, 0.717) is 17.6 Å². The van der Waals surface area contributed by atoms with Crippen molar-refractivity contribution in [3.63, 3.8) is 0 Å². The zero-order valence-electron chi connectivity index (χ0n) is 20.1. The molecule has 0 aromatic rings. The molecule has 0 aromatic carbocycles. The predicted molar refractivity (Wildman–Crippen MR) is 119 cm³/mol. The van der Waals surface area contributed by atoms with E-state index in [0.717, 1.165) is 5.57 Å². The number of hydrogen-bond acceptors (Lipinski definition) is 6. The summed E-state index contributed by atoms with van der Waals surface area (Å²) in [7, 11) is 0. The van der Waals surface area contributed by atoms with Crippen LogP contribution in [0.1, 0.15) is 68.2 Å². The van der Waals surface area contributed by atoms with Crippen molar-refractivity contribution < 1.29 is 29.3 Å². The Hall–Kier alpha value is -1.92. The zero-order chi connectivity index (χ0) is 23.7. The lowest BCUT2D eigenvalue weighted by Crippen LogP contribution is -2.54. The molecule has 0 amide bonds. The van der Waals surface area contributed by atoms with Crippen LogP contribution in [0, 0.1) is 17.3 Å². The van der Waals surface area contributed by atoms with E-state index in [9.17, 15) is 19.8 Å². The van der Waals surface area contributed by atoms with Crippen LogP contribution in [0.15, 0.2) is 34.9 Å². The molecule has 31 heavy (non-hydrogen) atoms. The molecule has 6 atom stereocenters. The molecule has 0 aliphatic heterocycles. The first-order valence-electron chi connectivity index (χ1n) is 11.1. The van der Waals surface area contributed by atoms with Gasteiger partial charge in [0.15, 0.2) is 0 Å². The molecule has 0 bridgehead atoms. The molecule has 1 fully saturated rings. The maximum Gasteiger partial charge on any atom is 0.333 e. The summed E-state index contributed by atoms with van der Waals surface area (Å²) < 4.78 is 11.8. The lowest BCUT2D eigenvalue weighted by Gasteiger charge is -2.45. The minimum absolute atomic E-state index is 0.117. The minimum Gasteiger partial charge on any atom is -0.458 e. The SMILES string of the molecule is CC=C(C)C(=O)OC1CC(C)=CC(OC(=O)C(C)=CC)[C@]2(C)C1[C@](O)(C(C)C)C[C@H]2O. The van der Waals surface area contributed by atoms with Gasteiger partial charge in [0.2, 0.25) is 0 Å². The predicted octanol–water partition coefficient (Wildman–Crippen LogP) is 3.87. The van der Waals surface area contributed by atoms with Crippen LogP contribution in [0.2, 0.25) is 0 Å². The van der Waals surface area contributed by atoms with Crippen LogP contribution < -0.4 is 0 Å². The standard InChI is InChI=1S/C25H38O6/c1-9-16(6)22(27)30-18-11-15(5)12-20(31-23(28)17(7)10-2)24(8)19(26)13-25(29,14(3)4)21(18)24/h9-10,12,14,18-21,26,29H,11,13H2,1-8H3/t18?,19-,20?,21?,24-,25-/m1/s1. The Morgan fingerprint density at radius 3 is 2.13 bits per heavy atom. The van der Waals surface area contributed by atoms with Crippen LogP contribution in [0.25, 0.3) is 0 Å². The molecular formula is C25H38O6. The number of esters is 2. The molecule has 2 rings (SSSR count). The monoisotopic (exact) mass is 434 g/mol. The number of aliphatic hydroxyl groups excluding tert-OH is 1. The van der Waals surface area contributed by atoms with Crippen LogP contribution in [-0.4, -0.2) is 46.1 Å². The number of fused-ring (bicyclic) bond motifs is 1. The Morgan fingerprint density at radius 2 is 1.65 bits per heavy atom. The van der Waals surface area contributed by atoms with E-state index < -0.39 is 47.2 Å². The highest BCUT2D eigenvalue weighted by atomic mass is 16.6. The molecule has 2 aliphatic rings. The van der Waals surface area contributed by atoms with Gasteiger partial charge in [0.1, 0.15) is 12.2 Å². The highest BCUT2D eigenvalue weighted by Crippen LogP contribution is 2.58. The first-order valence-corrected chi connectivity index (χ1v) is 11.1. The third-order valence-corrected chi connectivity index (χ3v) is 7.39. The maximum absolute atomic E-state index is 12.7. The summed E-state index contributed by atoms with van der Waals surface area (Å²) in [4.78, 5) is 25.3. The summed E-state index contributed by atoms with van der Waals surface area (Å²) >= 11 is 0. The summed E-state index contributed by atoms with van der Waals surface area (Å²) in [6, 6.07) is 0. The van der Waals surface area contributed by atoms with Crippen molar-refractivity contribution in [2.45, 2.75) is 92.1 Å². The van der Waals surface area contributed by atoms with Gasteiger partial charge in [-0.3, -0.25) is 0 Å². The van der Waals surface area contributed by atoms with Crippen molar-refractivity contribution in [2.75, 3.05) is 0 Å². The third kappa shape index (κ3) is 4.51. The third-order valence-electron chi connectivity index (χ3n) is 7.39. The smallest absolute Gasteiger partial charge is 0.333 e. The van der Waals surface area contributed by atoms with Crippen LogP contribution in [0.5, 0.6) is 0 Å². The van der Waals surface area contributed by atoms with Gasteiger partial charge in [-0.15, -0.1) is 0 Å². The van der Waals surface area contributed by atoms with E-state index in [1.807, 2.05) is 33.8 Å². The normalized spacial score (nSPS) is 36.5. The number of carbonyl (C=O) groups is 2. The summed E-state index contributed by atoms with van der Waals surface area (Å²) in [5.41, 5.74) is -0.503. The average molecular weight is 435 g/mol.